The van der Waals surface area contributed by atoms with Crippen LogP contribution in [0.1, 0.15) is 29.0 Å². The number of nitrogens with zero attached hydrogens (tertiary/aromatic N) is 2. The van der Waals surface area contributed by atoms with Crippen molar-refractivity contribution in [3.05, 3.63) is 69.7 Å². The Balaban J connectivity index is 1.90. The molecule has 1 amide bonds. The highest BCUT2D eigenvalue weighted by Gasteiger charge is 2.20. The van der Waals surface area contributed by atoms with Crippen LogP contribution in [0, 0.1) is 15.9 Å². The van der Waals surface area contributed by atoms with E-state index in [4.69, 9.17) is 0 Å². The number of carbonyl (C=O) groups excluding carboxylic acids is 1. The quantitative estimate of drug-likeness (QED) is 0.567. The molecule has 122 valence electrons. The minimum Gasteiger partial charge on any atom is -0.344 e. The first-order chi connectivity index (χ1) is 11.5. The summed E-state index contributed by atoms with van der Waals surface area (Å²) in [5.41, 5.74) is 0.734. The summed E-state index contributed by atoms with van der Waals surface area (Å²) < 4.78 is 13.8. The third-order valence-corrected chi connectivity index (χ3v) is 3.69. The van der Waals surface area contributed by atoms with Gasteiger partial charge in [-0.25, -0.2) is 4.39 Å². The maximum Gasteiger partial charge on any atom is 0.272 e. The Bertz CT molecular complexity index is 938. The first-order valence-electron chi connectivity index (χ1n) is 7.15. The van der Waals surface area contributed by atoms with Gasteiger partial charge in [0, 0.05) is 23.1 Å². The summed E-state index contributed by atoms with van der Waals surface area (Å²) in [5, 5.41) is 20.4. The van der Waals surface area contributed by atoms with Crippen LogP contribution in [0.5, 0.6) is 0 Å². The van der Waals surface area contributed by atoms with Crippen LogP contribution in [0.15, 0.2) is 42.5 Å². The summed E-state index contributed by atoms with van der Waals surface area (Å²) in [6, 6.07) is 9.63. The van der Waals surface area contributed by atoms with Crippen LogP contribution in [-0.2, 0) is 0 Å². The number of aromatic nitrogens is 2. The minimum absolute atomic E-state index is 0.0249. The normalized spacial score (nSPS) is 12.1. The number of hydrogen-bond acceptors (Lipinski definition) is 4. The van der Waals surface area contributed by atoms with Gasteiger partial charge in [0.25, 0.3) is 11.6 Å². The number of benzene rings is 2. The van der Waals surface area contributed by atoms with Crippen molar-refractivity contribution in [2.24, 2.45) is 0 Å². The third-order valence-electron chi connectivity index (χ3n) is 3.69. The molecule has 2 N–H and O–H groups in total. The molecule has 7 nitrogen and oxygen atoms in total. The van der Waals surface area contributed by atoms with E-state index in [1.807, 2.05) is 0 Å². The molecule has 0 radical (unpaired) electrons. The van der Waals surface area contributed by atoms with Crippen LogP contribution < -0.4 is 5.32 Å². The number of rotatable bonds is 4. The number of halogens is 1. The van der Waals surface area contributed by atoms with E-state index in [9.17, 15) is 19.3 Å². The Hall–Kier alpha value is -3.29. The van der Waals surface area contributed by atoms with Gasteiger partial charge < -0.3 is 5.32 Å². The lowest BCUT2D eigenvalue weighted by Gasteiger charge is -2.14. The zero-order valence-electron chi connectivity index (χ0n) is 12.6. The maximum absolute atomic E-state index is 13.8. The van der Waals surface area contributed by atoms with Crippen molar-refractivity contribution in [2.45, 2.75) is 13.0 Å². The molecule has 0 aliphatic carbocycles. The Labute approximate surface area is 135 Å². The van der Waals surface area contributed by atoms with Gasteiger partial charge >= 0.3 is 0 Å². The number of amides is 1. The van der Waals surface area contributed by atoms with Crippen LogP contribution in [-0.4, -0.2) is 21.0 Å². The summed E-state index contributed by atoms with van der Waals surface area (Å²) in [5.74, 6) is -0.967. The second kappa shape index (κ2) is 6.07. The smallest absolute Gasteiger partial charge is 0.272 e. The predicted molar refractivity (Wildman–Crippen MR) is 85.0 cm³/mol. The van der Waals surface area contributed by atoms with Gasteiger partial charge in [-0.1, -0.05) is 18.2 Å². The molecular formula is C16H13FN4O3. The third kappa shape index (κ3) is 2.81. The van der Waals surface area contributed by atoms with Gasteiger partial charge in [0.1, 0.15) is 5.82 Å². The highest BCUT2D eigenvalue weighted by molar-refractivity contribution is 6.05. The highest BCUT2D eigenvalue weighted by atomic mass is 19.1. The van der Waals surface area contributed by atoms with Crippen LogP contribution in [0.2, 0.25) is 0 Å². The average Bonchev–Trinajstić information content (AvgIpc) is 2.98. The fraction of sp³-hybridized carbons (Fsp3) is 0.125. The Kier molecular flexibility index (Phi) is 3.95. The molecule has 0 aliphatic rings. The van der Waals surface area contributed by atoms with Crippen LogP contribution in [0.25, 0.3) is 10.9 Å². The lowest BCUT2D eigenvalue weighted by Crippen LogP contribution is -2.27. The number of H-pyrrole nitrogens is 1. The molecule has 1 heterocycles. The zero-order chi connectivity index (χ0) is 17.3. The molecule has 0 saturated heterocycles. The van der Waals surface area contributed by atoms with E-state index < -0.39 is 22.7 Å². The molecule has 2 aromatic carbocycles. The number of hydrogen-bond donors (Lipinski definition) is 2. The molecule has 1 aromatic heterocycles. The van der Waals surface area contributed by atoms with E-state index in [2.05, 4.69) is 15.5 Å². The number of nitro groups is 1. The fourth-order valence-corrected chi connectivity index (χ4v) is 2.46. The van der Waals surface area contributed by atoms with Crippen molar-refractivity contribution in [3.8, 4) is 0 Å². The lowest BCUT2D eigenvalue weighted by atomic mass is 10.1. The molecular weight excluding hydrogens is 315 g/mol. The number of nitrogens with one attached hydrogen (secondary N) is 2. The number of fused-ring (bicyclic) bond motifs is 1. The molecule has 0 bridgehead atoms. The van der Waals surface area contributed by atoms with E-state index in [1.165, 1.54) is 24.3 Å². The molecule has 0 spiro atoms. The first-order valence-corrected chi connectivity index (χ1v) is 7.15. The van der Waals surface area contributed by atoms with Crippen molar-refractivity contribution < 1.29 is 14.1 Å². The van der Waals surface area contributed by atoms with Crippen molar-refractivity contribution >= 4 is 22.5 Å². The summed E-state index contributed by atoms with van der Waals surface area (Å²) in [6.07, 6.45) is 0. The first kappa shape index (κ1) is 15.6. The number of aromatic amines is 1. The molecule has 0 fully saturated rings. The van der Waals surface area contributed by atoms with Crippen LogP contribution in [0.4, 0.5) is 10.1 Å². The number of nitro benzene ring substituents is 1. The van der Waals surface area contributed by atoms with Crippen LogP contribution in [0.3, 0.4) is 0 Å². The van der Waals surface area contributed by atoms with E-state index >= 15 is 0 Å². The molecule has 1 atom stereocenters. The van der Waals surface area contributed by atoms with Gasteiger partial charge in [0.2, 0.25) is 0 Å². The van der Waals surface area contributed by atoms with Gasteiger partial charge in [-0.15, -0.1) is 0 Å². The number of carbonyl (C=O) groups is 1. The Morgan fingerprint density at radius 2 is 2.08 bits per heavy atom. The monoisotopic (exact) mass is 328 g/mol. The van der Waals surface area contributed by atoms with Crippen molar-refractivity contribution in [3.63, 3.8) is 0 Å². The topological polar surface area (TPSA) is 101 Å². The molecule has 0 unspecified atom stereocenters. The van der Waals surface area contributed by atoms with Crippen molar-refractivity contribution in [1.29, 1.82) is 0 Å². The molecule has 0 saturated carbocycles. The van der Waals surface area contributed by atoms with Gasteiger partial charge in [0.15, 0.2) is 5.69 Å². The zero-order valence-corrected chi connectivity index (χ0v) is 12.6. The average molecular weight is 328 g/mol. The molecule has 3 rings (SSSR count). The summed E-state index contributed by atoms with van der Waals surface area (Å²) >= 11 is 0. The Morgan fingerprint density at radius 3 is 2.79 bits per heavy atom. The minimum atomic E-state index is -0.579. The molecule has 8 heteroatoms. The van der Waals surface area contributed by atoms with Crippen molar-refractivity contribution in [2.75, 3.05) is 0 Å². The van der Waals surface area contributed by atoms with Gasteiger partial charge in [-0.3, -0.25) is 20.0 Å². The van der Waals surface area contributed by atoms with Gasteiger partial charge in [-0.2, -0.15) is 5.10 Å². The predicted octanol–water partition coefficient (Wildman–Crippen LogP) is 3.10. The standard InChI is InChI=1S/C16H13FN4O3/c1-9(11-4-2-3-5-13(11)17)18-16(22)15-12-8-10(21(23)24)6-7-14(12)19-20-15/h2-9H,1H3,(H,18,22)(H,19,20)/t9-/m0/s1. The van der Waals surface area contributed by atoms with Gasteiger partial charge in [0.05, 0.1) is 16.5 Å². The van der Waals surface area contributed by atoms with Gasteiger partial charge in [-0.05, 0) is 19.1 Å². The SMILES string of the molecule is C[C@H](NC(=O)c1n[nH]c2ccc([N+](=O)[O-])cc12)c1ccccc1F. The summed E-state index contributed by atoms with van der Waals surface area (Å²) in [4.78, 5) is 22.7. The van der Waals surface area contributed by atoms with E-state index in [-0.39, 0.29) is 11.4 Å². The summed E-state index contributed by atoms with van der Waals surface area (Å²) in [7, 11) is 0. The largest absolute Gasteiger partial charge is 0.344 e. The lowest BCUT2D eigenvalue weighted by molar-refractivity contribution is -0.384. The van der Waals surface area contributed by atoms with E-state index in [1.54, 1.807) is 25.1 Å². The summed E-state index contributed by atoms with van der Waals surface area (Å²) in [6.45, 7) is 1.65. The highest BCUT2D eigenvalue weighted by Crippen LogP contribution is 2.23. The second-order valence-electron chi connectivity index (χ2n) is 5.28. The Morgan fingerprint density at radius 1 is 1.33 bits per heavy atom. The van der Waals surface area contributed by atoms with E-state index in [0.29, 0.717) is 16.5 Å². The second-order valence-corrected chi connectivity index (χ2v) is 5.28. The van der Waals surface area contributed by atoms with Crippen LogP contribution >= 0.6 is 0 Å². The molecule has 3 aromatic rings. The number of non-ortho nitro benzene ring substituents is 1. The molecule has 0 aliphatic heterocycles. The van der Waals surface area contributed by atoms with Crippen molar-refractivity contribution in [1.82, 2.24) is 15.5 Å². The maximum atomic E-state index is 13.8. The van der Waals surface area contributed by atoms with E-state index in [0.717, 1.165) is 0 Å². The molecule has 24 heavy (non-hydrogen) atoms. The fourth-order valence-electron chi connectivity index (χ4n) is 2.46.